The van der Waals surface area contributed by atoms with Crippen LogP contribution in [-0.2, 0) is 11.3 Å². The summed E-state index contributed by atoms with van der Waals surface area (Å²) in [6.45, 7) is 6.93. The lowest BCUT2D eigenvalue weighted by atomic mass is 10.1. The molecule has 0 unspecified atom stereocenters. The summed E-state index contributed by atoms with van der Waals surface area (Å²) in [5.41, 5.74) is 2.62. The van der Waals surface area contributed by atoms with Crippen LogP contribution >= 0.6 is 11.6 Å². The van der Waals surface area contributed by atoms with Crippen molar-refractivity contribution in [2.24, 2.45) is 5.92 Å². The van der Waals surface area contributed by atoms with E-state index >= 15 is 0 Å². The number of anilines is 2. The fraction of sp³-hybridized carbons (Fsp3) is 0.381. The van der Waals surface area contributed by atoms with Gasteiger partial charge in [-0.05, 0) is 42.3 Å². The van der Waals surface area contributed by atoms with Crippen molar-refractivity contribution < 1.29 is 14.3 Å². The molecule has 2 aromatic carbocycles. The van der Waals surface area contributed by atoms with E-state index < -0.39 is 0 Å². The molecule has 2 aromatic rings. The molecular formula is C21H27ClN2O3. The standard InChI is InChI=1S/C21H27ClN2O3/c1-5-10-27-20-12-18(22)15(11-19(20)26-4)13-23-16-6-8-17(9-7-16)24-21(25)14(2)3/h6-9,11-12,14,23H,5,10,13H2,1-4H3,(H,24,25). The van der Waals surface area contributed by atoms with E-state index in [0.717, 1.165) is 23.4 Å². The van der Waals surface area contributed by atoms with Gasteiger partial charge in [0.2, 0.25) is 5.91 Å². The third-order valence-electron chi connectivity index (χ3n) is 3.95. The van der Waals surface area contributed by atoms with Gasteiger partial charge in [-0.15, -0.1) is 0 Å². The first-order valence-electron chi connectivity index (χ1n) is 9.08. The summed E-state index contributed by atoms with van der Waals surface area (Å²) in [4.78, 5) is 11.7. The molecule has 27 heavy (non-hydrogen) atoms. The molecule has 2 rings (SSSR count). The number of benzene rings is 2. The largest absolute Gasteiger partial charge is 0.493 e. The Labute approximate surface area is 166 Å². The van der Waals surface area contributed by atoms with Gasteiger partial charge in [-0.2, -0.15) is 0 Å². The number of methoxy groups -OCH3 is 1. The second kappa shape index (κ2) is 10.1. The van der Waals surface area contributed by atoms with E-state index in [9.17, 15) is 4.79 Å². The van der Waals surface area contributed by atoms with E-state index in [1.165, 1.54) is 0 Å². The van der Waals surface area contributed by atoms with Gasteiger partial charge in [0.25, 0.3) is 0 Å². The van der Waals surface area contributed by atoms with Crippen LogP contribution in [0.4, 0.5) is 11.4 Å². The van der Waals surface area contributed by atoms with Crippen molar-refractivity contribution in [3.63, 3.8) is 0 Å². The molecule has 1 amide bonds. The Morgan fingerprint density at radius 1 is 1.11 bits per heavy atom. The average molecular weight is 391 g/mol. The lowest BCUT2D eigenvalue weighted by molar-refractivity contribution is -0.118. The van der Waals surface area contributed by atoms with E-state index in [1.807, 2.05) is 51.1 Å². The van der Waals surface area contributed by atoms with Crippen molar-refractivity contribution in [2.45, 2.75) is 33.7 Å². The predicted molar refractivity (Wildman–Crippen MR) is 111 cm³/mol. The van der Waals surface area contributed by atoms with Crippen molar-refractivity contribution in [1.82, 2.24) is 0 Å². The van der Waals surface area contributed by atoms with Gasteiger partial charge in [0, 0.05) is 34.9 Å². The third-order valence-corrected chi connectivity index (χ3v) is 4.31. The first-order valence-corrected chi connectivity index (χ1v) is 9.46. The molecule has 146 valence electrons. The summed E-state index contributed by atoms with van der Waals surface area (Å²) >= 11 is 6.39. The van der Waals surface area contributed by atoms with Gasteiger partial charge < -0.3 is 20.1 Å². The highest BCUT2D eigenvalue weighted by molar-refractivity contribution is 6.31. The Morgan fingerprint density at radius 3 is 2.37 bits per heavy atom. The lowest BCUT2D eigenvalue weighted by Crippen LogP contribution is -2.17. The number of carbonyl (C=O) groups is 1. The molecule has 0 aliphatic carbocycles. The highest BCUT2D eigenvalue weighted by Gasteiger charge is 2.11. The number of rotatable bonds is 9. The Kier molecular flexibility index (Phi) is 7.80. The number of hydrogen-bond donors (Lipinski definition) is 2. The lowest BCUT2D eigenvalue weighted by Gasteiger charge is -2.14. The molecule has 0 saturated carbocycles. The summed E-state index contributed by atoms with van der Waals surface area (Å²) in [7, 11) is 1.61. The zero-order valence-corrected chi connectivity index (χ0v) is 17.0. The fourth-order valence-corrected chi connectivity index (χ4v) is 2.57. The van der Waals surface area contributed by atoms with Gasteiger partial charge in [-0.25, -0.2) is 0 Å². The van der Waals surface area contributed by atoms with Gasteiger partial charge >= 0.3 is 0 Å². The van der Waals surface area contributed by atoms with Crippen LogP contribution in [0.25, 0.3) is 0 Å². The summed E-state index contributed by atoms with van der Waals surface area (Å²) in [5.74, 6) is 1.26. The minimum Gasteiger partial charge on any atom is -0.493 e. The fourth-order valence-electron chi connectivity index (χ4n) is 2.35. The summed E-state index contributed by atoms with van der Waals surface area (Å²) in [6.07, 6.45) is 0.914. The summed E-state index contributed by atoms with van der Waals surface area (Å²) in [5, 5.41) is 6.82. The summed E-state index contributed by atoms with van der Waals surface area (Å²) < 4.78 is 11.1. The van der Waals surface area contributed by atoms with Crippen molar-refractivity contribution in [3.05, 3.63) is 47.0 Å². The van der Waals surface area contributed by atoms with E-state index in [2.05, 4.69) is 10.6 Å². The Balaban J connectivity index is 2.02. The van der Waals surface area contributed by atoms with Gasteiger partial charge in [-0.1, -0.05) is 32.4 Å². The monoisotopic (exact) mass is 390 g/mol. The highest BCUT2D eigenvalue weighted by atomic mass is 35.5. The number of hydrogen-bond acceptors (Lipinski definition) is 4. The van der Waals surface area contributed by atoms with Crippen LogP contribution in [0.3, 0.4) is 0 Å². The van der Waals surface area contributed by atoms with Gasteiger partial charge in [0.15, 0.2) is 11.5 Å². The van der Waals surface area contributed by atoms with Crippen molar-refractivity contribution in [1.29, 1.82) is 0 Å². The van der Waals surface area contributed by atoms with E-state index in [-0.39, 0.29) is 11.8 Å². The van der Waals surface area contributed by atoms with Crippen LogP contribution in [0.5, 0.6) is 11.5 Å². The number of ether oxygens (including phenoxy) is 2. The smallest absolute Gasteiger partial charge is 0.226 e. The number of halogens is 1. The van der Waals surface area contributed by atoms with Crippen LogP contribution < -0.4 is 20.1 Å². The molecule has 6 heteroatoms. The maximum absolute atomic E-state index is 11.7. The topological polar surface area (TPSA) is 59.6 Å². The van der Waals surface area contributed by atoms with Crippen molar-refractivity contribution >= 4 is 28.9 Å². The Hall–Kier alpha value is -2.40. The Bertz CT molecular complexity index is 761. The molecule has 0 bridgehead atoms. The van der Waals surface area contributed by atoms with Gasteiger partial charge in [0.1, 0.15) is 0 Å². The molecule has 5 nitrogen and oxygen atoms in total. The third kappa shape index (κ3) is 6.07. The molecule has 0 heterocycles. The molecule has 0 atom stereocenters. The van der Waals surface area contributed by atoms with Gasteiger partial charge in [0.05, 0.1) is 13.7 Å². The minimum atomic E-state index is -0.0517. The second-order valence-electron chi connectivity index (χ2n) is 6.52. The first kappa shape index (κ1) is 20.9. The zero-order chi connectivity index (χ0) is 19.8. The zero-order valence-electron chi connectivity index (χ0n) is 16.3. The molecule has 0 aliphatic rings. The predicted octanol–water partition coefficient (Wildman–Crippen LogP) is 5.34. The SMILES string of the molecule is CCCOc1cc(Cl)c(CNc2ccc(NC(=O)C(C)C)cc2)cc1OC. The molecule has 0 aromatic heterocycles. The quantitative estimate of drug-likeness (QED) is 0.606. The first-order chi connectivity index (χ1) is 12.9. The van der Waals surface area contributed by atoms with Crippen LogP contribution in [0.15, 0.2) is 36.4 Å². The Morgan fingerprint density at radius 2 is 1.78 bits per heavy atom. The number of amides is 1. The van der Waals surface area contributed by atoms with Crippen LogP contribution in [-0.4, -0.2) is 19.6 Å². The molecule has 0 spiro atoms. The number of carbonyl (C=O) groups excluding carboxylic acids is 1. The maximum atomic E-state index is 11.7. The molecule has 0 saturated heterocycles. The van der Waals surface area contributed by atoms with Crippen molar-refractivity contribution in [3.8, 4) is 11.5 Å². The maximum Gasteiger partial charge on any atom is 0.226 e. The van der Waals surface area contributed by atoms with Crippen molar-refractivity contribution in [2.75, 3.05) is 24.4 Å². The normalized spacial score (nSPS) is 10.6. The van der Waals surface area contributed by atoms with E-state index in [1.54, 1.807) is 13.2 Å². The molecule has 2 N–H and O–H groups in total. The molecular weight excluding hydrogens is 364 g/mol. The van der Waals surface area contributed by atoms with E-state index in [4.69, 9.17) is 21.1 Å². The van der Waals surface area contributed by atoms with Crippen LogP contribution in [0.2, 0.25) is 5.02 Å². The average Bonchev–Trinajstić information content (AvgIpc) is 2.66. The van der Waals surface area contributed by atoms with Crippen LogP contribution in [0.1, 0.15) is 32.8 Å². The molecule has 0 radical (unpaired) electrons. The highest BCUT2D eigenvalue weighted by Crippen LogP contribution is 2.34. The molecule has 0 fully saturated rings. The molecule has 0 aliphatic heterocycles. The summed E-state index contributed by atoms with van der Waals surface area (Å²) in [6, 6.07) is 11.2. The van der Waals surface area contributed by atoms with Crippen LogP contribution in [0, 0.1) is 5.92 Å². The second-order valence-corrected chi connectivity index (χ2v) is 6.92. The van der Waals surface area contributed by atoms with Gasteiger partial charge in [-0.3, -0.25) is 4.79 Å². The van der Waals surface area contributed by atoms with E-state index in [0.29, 0.717) is 29.7 Å². The minimum absolute atomic E-state index is 0.0000299. The number of nitrogens with one attached hydrogen (secondary N) is 2.